The summed E-state index contributed by atoms with van der Waals surface area (Å²) in [5.74, 6) is 0.0946. The van der Waals surface area contributed by atoms with Gasteiger partial charge in [-0.15, -0.1) is 0 Å². The largest absolute Gasteiger partial charge is 0.361 e. The lowest BCUT2D eigenvalue weighted by Gasteiger charge is -2.27. The second-order valence-corrected chi connectivity index (χ2v) is 8.58. The van der Waals surface area contributed by atoms with E-state index in [9.17, 15) is 14.4 Å². The number of carbonyl (C=O) groups excluding carboxylic acids is 3. The maximum Gasteiger partial charge on any atom is 0.325 e. The molecule has 1 aromatic heterocycles. The quantitative estimate of drug-likeness (QED) is 0.671. The first kappa shape index (κ1) is 20.9. The van der Waals surface area contributed by atoms with Crippen LogP contribution in [0.1, 0.15) is 33.3 Å². The molecule has 0 saturated carbocycles. The summed E-state index contributed by atoms with van der Waals surface area (Å²) in [4.78, 5) is 44.0. The summed E-state index contributed by atoms with van der Waals surface area (Å²) in [6.45, 7) is 9.20. The van der Waals surface area contributed by atoms with Gasteiger partial charge in [-0.25, -0.2) is 4.79 Å². The number of nitrogens with one attached hydrogen (secondary N) is 2. The molecule has 1 fully saturated rings. The minimum absolute atomic E-state index is 0.191. The topological polar surface area (TPSA) is 85.5 Å². The van der Waals surface area contributed by atoms with Crippen LogP contribution in [0.15, 0.2) is 30.5 Å². The van der Waals surface area contributed by atoms with E-state index < -0.39 is 12.1 Å². The molecule has 0 aliphatic carbocycles. The Balaban J connectivity index is 1.68. The Morgan fingerprint density at radius 1 is 1.10 bits per heavy atom. The molecular formula is C22H30N4O3. The fraction of sp³-hybridized carbons (Fsp3) is 0.500. The Bertz CT molecular complexity index is 892. The zero-order valence-corrected chi connectivity index (χ0v) is 17.6. The highest BCUT2D eigenvalue weighted by Crippen LogP contribution is 2.21. The van der Waals surface area contributed by atoms with Crippen molar-refractivity contribution in [2.75, 3.05) is 19.6 Å². The molecule has 7 nitrogen and oxygen atoms in total. The number of para-hydroxylation sites is 1. The van der Waals surface area contributed by atoms with Crippen molar-refractivity contribution in [3.63, 3.8) is 0 Å². The van der Waals surface area contributed by atoms with Gasteiger partial charge >= 0.3 is 6.03 Å². The minimum atomic E-state index is -0.654. The third-order valence-electron chi connectivity index (χ3n) is 5.02. The van der Waals surface area contributed by atoms with Crippen LogP contribution in [0.25, 0.3) is 10.9 Å². The number of aromatic nitrogens is 1. The number of hydrogen-bond acceptors (Lipinski definition) is 3. The van der Waals surface area contributed by atoms with Gasteiger partial charge in [-0.05, 0) is 23.5 Å². The fourth-order valence-electron chi connectivity index (χ4n) is 3.78. The zero-order chi connectivity index (χ0) is 21.1. The molecule has 0 radical (unpaired) electrons. The normalized spacial score (nSPS) is 16.9. The number of aromatic amines is 1. The van der Waals surface area contributed by atoms with Crippen LogP contribution in [0.2, 0.25) is 0 Å². The summed E-state index contributed by atoms with van der Waals surface area (Å²) in [6.07, 6.45) is 2.26. The molecule has 1 aromatic carbocycles. The average Bonchev–Trinajstić information content (AvgIpc) is 3.17. The molecule has 7 heteroatoms. The highest BCUT2D eigenvalue weighted by Gasteiger charge is 2.39. The maximum atomic E-state index is 12.8. The van der Waals surface area contributed by atoms with Crippen LogP contribution in [0.3, 0.4) is 0 Å². The lowest BCUT2D eigenvalue weighted by molar-refractivity contribution is -0.138. The van der Waals surface area contributed by atoms with Gasteiger partial charge in [0.15, 0.2) is 0 Å². The number of rotatable bonds is 8. The minimum Gasteiger partial charge on any atom is -0.361 e. The van der Waals surface area contributed by atoms with E-state index in [4.69, 9.17) is 0 Å². The Kier molecular flexibility index (Phi) is 6.25. The predicted molar refractivity (Wildman–Crippen MR) is 112 cm³/mol. The van der Waals surface area contributed by atoms with E-state index in [0.717, 1.165) is 21.4 Å². The number of carbonyl (C=O) groups is 3. The van der Waals surface area contributed by atoms with Gasteiger partial charge in [-0.2, -0.15) is 0 Å². The summed E-state index contributed by atoms with van der Waals surface area (Å²) in [7, 11) is 0. The first-order chi connectivity index (χ1) is 13.8. The van der Waals surface area contributed by atoms with Crippen molar-refractivity contribution >= 4 is 28.7 Å². The summed E-state index contributed by atoms with van der Waals surface area (Å²) < 4.78 is 0. The van der Waals surface area contributed by atoms with Gasteiger partial charge in [0.1, 0.15) is 12.6 Å². The van der Waals surface area contributed by atoms with E-state index in [0.29, 0.717) is 31.3 Å². The molecule has 4 amide bonds. The summed E-state index contributed by atoms with van der Waals surface area (Å²) in [5, 5.41) is 3.77. The van der Waals surface area contributed by atoms with Crippen molar-refractivity contribution in [2.24, 2.45) is 11.8 Å². The van der Waals surface area contributed by atoms with Gasteiger partial charge < -0.3 is 15.2 Å². The number of amides is 4. The van der Waals surface area contributed by atoms with Crippen LogP contribution in [-0.2, 0) is 16.0 Å². The summed E-state index contributed by atoms with van der Waals surface area (Å²) in [5.41, 5.74) is 1.96. The van der Waals surface area contributed by atoms with E-state index in [1.54, 1.807) is 4.90 Å². The number of benzene rings is 1. The van der Waals surface area contributed by atoms with E-state index in [-0.39, 0.29) is 18.4 Å². The molecule has 1 aliphatic heterocycles. The predicted octanol–water partition coefficient (Wildman–Crippen LogP) is 2.77. The second-order valence-electron chi connectivity index (χ2n) is 8.58. The molecule has 1 atom stereocenters. The van der Waals surface area contributed by atoms with Crippen LogP contribution >= 0.6 is 0 Å². The molecule has 1 aliphatic rings. The average molecular weight is 399 g/mol. The Labute approximate surface area is 171 Å². The molecule has 1 unspecified atom stereocenters. The number of hydrogen-bond donors (Lipinski definition) is 2. The molecule has 156 valence electrons. The van der Waals surface area contributed by atoms with Gasteiger partial charge in [0.2, 0.25) is 5.91 Å². The molecule has 3 rings (SSSR count). The SMILES string of the molecule is CC(C)CN(CC(C)C)C(=O)CN1C(=O)NC(Cc2c[nH]c3ccccc23)C1=O. The monoisotopic (exact) mass is 398 g/mol. The van der Waals surface area contributed by atoms with Crippen LogP contribution in [0, 0.1) is 11.8 Å². The number of imide groups is 1. The maximum absolute atomic E-state index is 12.8. The number of urea groups is 1. The molecular weight excluding hydrogens is 368 g/mol. The third-order valence-corrected chi connectivity index (χ3v) is 5.02. The lowest BCUT2D eigenvalue weighted by atomic mass is 10.1. The van der Waals surface area contributed by atoms with Gasteiger partial charge in [0.25, 0.3) is 5.91 Å². The van der Waals surface area contributed by atoms with Crippen molar-refractivity contribution in [3.05, 3.63) is 36.0 Å². The standard InChI is InChI=1S/C22H30N4O3/c1-14(2)11-25(12-15(3)4)20(27)13-26-21(28)19(24-22(26)29)9-16-10-23-18-8-6-5-7-17(16)18/h5-8,10,14-15,19,23H,9,11-13H2,1-4H3,(H,24,29). The van der Waals surface area contributed by atoms with Gasteiger partial charge in [0, 0.05) is 36.6 Å². The first-order valence-electron chi connectivity index (χ1n) is 10.2. The van der Waals surface area contributed by atoms with Crippen LogP contribution in [0.4, 0.5) is 4.79 Å². The highest BCUT2D eigenvalue weighted by atomic mass is 16.2. The van der Waals surface area contributed by atoms with Crippen LogP contribution in [-0.4, -0.2) is 58.3 Å². The fourth-order valence-corrected chi connectivity index (χ4v) is 3.78. The Morgan fingerprint density at radius 2 is 1.76 bits per heavy atom. The van der Waals surface area contributed by atoms with Crippen molar-refractivity contribution in [1.82, 2.24) is 20.1 Å². The zero-order valence-electron chi connectivity index (χ0n) is 17.6. The van der Waals surface area contributed by atoms with Gasteiger partial charge in [-0.1, -0.05) is 45.9 Å². The van der Waals surface area contributed by atoms with Crippen LogP contribution in [0.5, 0.6) is 0 Å². The van der Waals surface area contributed by atoms with E-state index >= 15 is 0 Å². The Hall–Kier alpha value is -2.83. The molecule has 0 spiro atoms. The molecule has 2 aromatic rings. The van der Waals surface area contributed by atoms with Crippen molar-refractivity contribution < 1.29 is 14.4 Å². The molecule has 29 heavy (non-hydrogen) atoms. The first-order valence-corrected chi connectivity index (χ1v) is 10.2. The number of H-pyrrole nitrogens is 1. The summed E-state index contributed by atoms with van der Waals surface area (Å²) in [6, 6.07) is 6.69. The molecule has 2 N–H and O–H groups in total. The highest BCUT2D eigenvalue weighted by molar-refractivity contribution is 6.06. The molecule has 1 saturated heterocycles. The van der Waals surface area contributed by atoms with Crippen molar-refractivity contribution in [2.45, 2.75) is 40.2 Å². The third kappa shape index (κ3) is 4.78. The Morgan fingerprint density at radius 3 is 2.41 bits per heavy atom. The summed E-state index contributed by atoms with van der Waals surface area (Å²) >= 11 is 0. The van der Waals surface area contributed by atoms with E-state index in [1.165, 1.54) is 0 Å². The van der Waals surface area contributed by atoms with Crippen molar-refractivity contribution in [3.8, 4) is 0 Å². The lowest BCUT2D eigenvalue weighted by Crippen LogP contribution is -2.45. The number of nitrogens with zero attached hydrogens (tertiary/aromatic N) is 2. The van der Waals surface area contributed by atoms with E-state index in [2.05, 4.69) is 10.3 Å². The van der Waals surface area contributed by atoms with Gasteiger partial charge in [0.05, 0.1) is 0 Å². The second kappa shape index (κ2) is 8.68. The number of fused-ring (bicyclic) bond motifs is 1. The van der Waals surface area contributed by atoms with Crippen LogP contribution < -0.4 is 5.32 Å². The smallest absolute Gasteiger partial charge is 0.325 e. The van der Waals surface area contributed by atoms with E-state index in [1.807, 2.05) is 58.2 Å². The van der Waals surface area contributed by atoms with Crippen molar-refractivity contribution in [1.29, 1.82) is 0 Å². The molecule has 2 heterocycles. The van der Waals surface area contributed by atoms with Gasteiger partial charge in [-0.3, -0.25) is 14.5 Å². The molecule has 0 bridgehead atoms.